The van der Waals surface area contributed by atoms with E-state index in [0.717, 1.165) is 44.6 Å². The summed E-state index contributed by atoms with van der Waals surface area (Å²) in [6, 6.07) is 4.81. The Hall–Kier alpha value is -2.74. The van der Waals surface area contributed by atoms with Crippen LogP contribution in [0.4, 0.5) is 5.69 Å². The van der Waals surface area contributed by atoms with Gasteiger partial charge < -0.3 is 9.80 Å². The molecule has 8 nitrogen and oxygen atoms in total. The third-order valence-corrected chi connectivity index (χ3v) is 6.11. The third kappa shape index (κ3) is 4.03. The summed E-state index contributed by atoms with van der Waals surface area (Å²) in [5.41, 5.74) is 0.785. The number of nitro benzene ring substituents is 1. The fourth-order valence-electron chi connectivity index (χ4n) is 4.38. The highest BCUT2D eigenvalue weighted by atomic mass is 16.6. The van der Waals surface area contributed by atoms with E-state index < -0.39 is 4.92 Å². The summed E-state index contributed by atoms with van der Waals surface area (Å²) in [6.45, 7) is 2.90. The maximum absolute atomic E-state index is 12.9. The third-order valence-electron chi connectivity index (χ3n) is 6.11. The molecule has 2 aliphatic rings. The molecule has 8 heteroatoms. The summed E-state index contributed by atoms with van der Waals surface area (Å²) in [6.07, 6.45) is 9.18. The van der Waals surface area contributed by atoms with Crippen molar-refractivity contribution in [1.29, 1.82) is 0 Å². The number of nitrogens with zero attached hydrogens (tertiary/aromatic N) is 5. The molecule has 2 heterocycles. The van der Waals surface area contributed by atoms with E-state index >= 15 is 0 Å². The minimum atomic E-state index is -0.402. The molecule has 0 N–H and O–H groups in total. The average Bonchev–Trinajstić information content (AvgIpc) is 3.23. The summed E-state index contributed by atoms with van der Waals surface area (Å²) in [7, 11) is 2.02. The van der Waals surface area contributed by atoms with Crippen LogP contribution >= 0.6 is 0 Å². The predicted molar refractivity (Wildman–Crippen MR) is 109 cm³/mol. The van der Waals surface area contributed by atoms with E-state index in [0.29, 0.717) is 30.3 Å². The number of likely N-dealkylation sites (N-methyl/N-ethyl adjacent to an activating group) is 1. The zero-order valence-corrected chi connectivity index (χ0v) is 16.8. The highest BCUT2D eigenvalue weighted by Gasteiger charge is 2.27. The first-order valence-corrected chi connectivity index (χ1v) is 10.3. The van der Waals surface area contributed by atoms with E-state index in [2.05, 4.69) is 9.88 Å². The van der Waals surface area contributed by atoms with Crippen LogP contribution in [0.15, 0.2) is 30.6 Å². The van der Waals surface area contributed by atoms with Gasteiger partial charge >= 0.3 is 0 Å². The number of benzene rings is 1. The number of aromatic nitrogens is 2. The van der Waals surface area contributed by atoms with Crippen LogP contribution in [0.1, 0.15) is 54.2 Å². The van der Waals surface area contributed by atoms with Crippen LogP contribution in [0, 0.1) is 10.1 Å². The molecule has 0 spiro atoms. The Balaban J connectivity index is 1.65. The second kappa shape index (κ2) is 8.32. The lowest BCUT2D eigenvalue weighted by molar-refractivity contribution is -0.384. The van der Waals surface area contributed by atoms with Gasteiger partial charge in [0.15, 0.2) is 0 Å². The summed E-state index contributed by atoms with van der Waals surface area (Å²) in [4.78, 5) is 32.7. The van der Waals surface area contributed by atoms with Crippen molar-refractivity contribution in [2.45, 2.75) is 38.0 Å². The van der Waals surface area contributed by atoms with E-state index in [1.54, 1.807) is 29.4 Å². The lowest BCUT2D eigenvalue weighted by Crippen LogP contribution is -2.47. The van der Waals surface area contributed by atoms with Crippen molar-refractivity contribution in [3.8, 4) is 5.69 Å². The molecule has 1 amide bonds. The molecular formula is C21H27N5O3. The van der Waals surface area contributed by atoms with E-state index in [1.165, 1.54) is 12.5 Å². The molecule has 0 radical (unpaired) electrons. The number of hydrogen-bond acceptors (Lipinski definition) is 5. The highest BCUT2D eigenvalue weighted by molar-refractivity contribution is 5.95. The zero-order chi connectivity index (χ0) is 20.4. The van der Waals surface area contributed by atoms with Crippen LogP contribution in [0.3, 0.4) is 0 Å². The largest absolute Gasteiger partial charge is 0.336 e. The predicted octanol–water partition coefficient (Wildman–Crippen LogP) is 3.22. The van der Waals surface area contributed by atoms with Gasteiger partial charge in [0.2, 0.25) is 0 Å². The number of nitro groups is 1. The van der Waals surface area contributed by atoms with Crippen LogP contribution < -0.4 is 0 Å². The van der Waals surface area contributed by atoms with Crippen LogP contribution in [0.25, 0.3) is 5.69 Å². The Morgan fingerprint density at radius 1 is 1.14 bits per heavy atom. The van der Waals surface area contributed by atoms with Gasteiger partial charge in [-0.1, -0.05) is 19.3 Å². The molecule has 4 rings (SSSR count). The summed E-state index contributed by atoms with van der Waals surface area (Å²) >= 11 is 0. The zero-order valence-electron chi connectivity index (χ0n) is 16.8. The Kier molecular flexibility index (Phi) is 5.62. The molecule has 1 aromatic carbocycles. The van der Waals surface area contributed by atoms with Gasteiger partial charge in [-0.2, -0.15) is 0 Å². The van der Waals surface area contributed by atoms with Gasteiger partial charge in [0.1, 0.15) is 11.5 Å². The number of rotatable bonds is 4. The van der Waals surface area contributed by atoms with Gasteiger partial charge in [0.25, 0.3) is 11.6 Å². The van der Waals surface area contributed by atoms with Crippen LogP contribution in [-0.4, -0.2) is 63.4 Å². The number of carbonyl (C=O) groups excluding carboxylic acids is 1. The lowest BCUT2D eigenvalue weighted by atomic mass is 9.88. The van der Waals surface area contributed by atoms with Crippen molar-refractivity contribution in [3.05, 3.63) is 52.1 Å². The molecule has 1 aromatic heterocycles. The Labute approximate surface area is 170 Å². The summed E-state index contributed by atoms with van der Waals surface area (Å²) in [5.74, 6) is 1.06. The molecule has 2 aromatic rings. The molecule has 0 unspecified atom stereocenters. The van der Waals surface area contributed by atoms with E-state index in [-0.39, 0.29) is 11.6 Å². The molecule has 29 heavy (non-hydrogen) atoms. The number of piperazine rings is 1. The molecule has 1 saturated carbocycles. The normalized spacial score (nSPS) is 18.7. The van der Waals surface area contributed by atoms with Crippen LogP contribution in [-0.2, 0) is 0 Å². The minimum absolute atomic E-state index is 0.0555. The smallest absolute Gasteiger partial charge is 0.294 e. The fourth-order valence-corrected chi connectivity index (χ4v) is 4.38. The van der Waals surface area contributed by atoms with Gasteiger partial charge in [-0.05, 0) is 32.0 Å². The molecule has 1 aliphatic heterocycles. The maximum Gasteiger partial charge on any atom is 0.294 e. The van der Waals surface area contributed by atoms with E-state index in [1.807, 2.05) is 11.6 Å². The number of hydrogen-bond donors (Lipinski definition) is 0. The van der Waals surface area contributed by atoms with E-state index in [4.69, 9.17) is 0 Å². The average molecular weight is 397 g/mol. The van der Waals surface area contributed by atoms with Crippen LogP contribution in [0.5, 0.6) is 0 Å². The quantitative estimate of drug-likeness (QED) is 0.584. The molecule has 154 valence electrons. The van der Waals surface area contributed by atoms with Gasteiger partial charge in [0.05, 0.1) is 4.92 Å². The second-order valence-corrected chi connectivity index (χ2v) is 8.05. The minimum Gasteiger partial charge on any atom is -0.336 e. The van der Waals surface area contributed by atoms with Crippen molar-refractivity contribution < 1.29 is 9.72 Å². The highest BCUT2D eigenvalue weighted by Crippen LogP contribution is 2.34. The van der Waals surface area contributed by atoms with Crippen molar-refractivity contribution in [1.82, 2.24) is 19.4 Å². The number of imidazole rings is 1. The molecule has 1 saturated heterocycles. The lowest BCUT2D eigenvalue weighted by Gasteiger charge is -2.32. The Morgan fingerprint density at radius 3 is 2.55 bits per heavy atom. The fraction of sp³-hybridized carbons (Fsp3) is 0.524. The van der Waals surface area contributed by atoms with Crippen molar-refractivity contribution >= 4 is 11.6 Å². The SMILES string of the molecule is CN1CCN(C(=O)c2ccc(-n3ccnc3C3CCCCC3)c([N+](=O)[O-])c2)CC1. The van der Waals surface area contributed by atoms with Gasteiger partial charge in [-0.3, -0.25) is 19.5 Å². The molecule has 1 aliphatic carbocycles. The van der Waals surface area contributed by atoms with Crippen molar-refractivity contribution in [2.24, 2.45) is 0 Å². The topological polar surface area (TPSA) is 84.5 Å². The van der Waals surface area contributed by atoms with Gasteiger partial charge in [-0.25, -0.2) is 4.98 Å². The monoisotopic (exact) mass is 397 g/mol. The maximum atomic E-state index is 12.9. The van der Waals surface area contributed by atoms with Crippen LogP contribution in [0.2, 0.25) is 0 Å². The summed E-state index contributed by atoms with van der Waals surface area (Å²) in [5, 5.41) is 11.8. The Morgan fingerprint density at radius 2 is 1.86 bits per heavy atom. The van der Waals surface area contributed by atoms with Gasteiger partial charge in [0, 0.05) is 56.1 Å². The number of amides is 1. The van der Waals surface area contributed by atoms with Crippen molar-refractivity contribution in [3.63, 3.8) is 0 Å². The van der Waals surface area contributed by atoms with Crippen molar-refractivity contribution in [2.75, 3.05) is 33.2 Å². The van der Waals surface area contributed by atoms with Gasteiger partial charge in [-0.15, -0.1) is 0 Å². The number of carbonyl (C=O) groups is 1. The standard InChI is InChI=1S/C21H27N5O3/c1-23-11-13-24(14-12-23)21(27)17-7-8-18(19(15-17)26(28)29)25-10-9-22-20(25)16-5-3-2-4-6-16/h7-10,15-16H,2-6,11-14H2,1H3. The molecule has 0 bridgehead atoms. The second-order valence-electron chi connectivity index (χ2n) is 8.05. The summed E-state index contributed by atoms with van der Waals surface area (Å²) < 4.78 is 1.83. The van der Waals surface area contributed by atoms with E-state index in [9.17, 15) is 14.9 Å². The first kappa shape index (κ1) is 19.6. The first-order valence-electron chi connectivity index (χ1n) is 10.3. The molecule has 2 fully saturated rings. The first-order chi connectivity index (χ1) is 14.0. The molecular weight excluding hydrogens is 370 g/mol. The molecule has 0 atom stereocenters. The Bertz CT molecular complexity index is 895.